The molecule has 9 heteroatoms. The molecule has 1 atom stereocenters. The molecule has 0 unspecified atom stereocenters. The Balaban J connectivity index is 1.85. The number of anilines is 2. The summed E-state index contributed by atoms with van der Waals surface area (Å²) in [4.78, 5) is 12.3. The molecule has 3 N–H and O–H groups in total. The molecule has 0 bridgehead atoms. The van der Waals surface area contributed by atoms with Crippen LogP contribution in [0.2, 0.25) is 0 Å². The second-order valence-electron chi connectivity index (χ2n) is 5.32. The predicted octanol–water partition coefficient (Wildman–Crippen LogP) is 1.94. The fourth-order valence-corrected chi connectivity index (χ4v) is 3.56. The van der Waals surface area contributed by atoms with Crippen LogP contribution in [-0.2, 0) is 14.8 Å². The standard InChI is InChI=1S/C15H13F2N3O3S/c1-8-2-5-13-12(6-8)19-14(20-24(13,22)23)15(21)18-9-3-4-10(16)11(17)7-9/h2-7,14,19-20H,1H3,(H,18,21)/t14-/m1/s1. The molecule has 6 nitrogen and oxygen atoms in total. The third-order valence-corrected chi connectivity index (χ3v) is 4.93. The van der Waals surface area contributed by atoms with Gasteiger partial charge in [-0.25, -0.2) is 17.2 Å². The van der Waals surface area contributed by atoms with Gasteiger partial charge in [0.2, 0.25) is 10.0 Å². The van der Waals surface area contributed by atoms with E-state index >= 15 is 0 Å². The molecule has 1 heterocycles. The molecule has 24 heavy (non-hydrogen) atoms. The van der Waals surface area contributed by atoms with Gasteiger partial charge in [-0.05, 0) is 36.8 Å². The molecule has 0 fully saturated rings. The first-order valence-corrected chi connectivity index (χ1v) is 8.40. The van der Waals surface area contributed by atoms with Crippen LogP contribution in [0, 0.1) is 18.6 Å². The van der Waals surface area contributed by atoms with Gasteiger partial charge < -0.3 is 10.6 Å². The molecule has 0 saturated heterocycles. The summed E-state index contributed by atoms with van der Waals surface area (Å²) in [6.07, 6.45) is -1.28. The Hall–Kier alpha value is -2.52. The van der Waals surface area contributed by atoms with Crippen molar-refractivity contribution in [2.75, 3.05) is 10.6 Å². The van der Waals surface area contributed by atoms with Gasteiger partial charge in [0.15, 0.2) is 17.8 Å². The molecule has 1 amide bonds. The lowest BCUT2D eigenvalue weighted by Crippen LogP contribution is -2.51. The summed E-state index contributed by atoms with van der Waals surface area (Å²) in [5.74, 6) is -2.92. The van der Waals surface area contributed by atoms with Crippen molar-refractivity contribution >= 4 is 27.3 Å². The summed E-state index contributed by atoms with van der Waals surface area (Å²) in [5, 5.41) is 5.10. The topological polar surface area (TPSA) is 87.3 Å². The lowest BCUT2D eigenvalue weighted by Gasteiger charge is -2.27. The van der Waals surface area contributed by atoms with Crippen LogP contribution in [0.1, 0.15) is 5.56 Å². The van der Waals surface area contributed by atoms with Crippen LogP contribution in [0.4, 0.5) is 20.2 Å². The maximum atomic E-state index is 13.2. The number of amides is 1. The first-order valence-electron chi connectivity index (χ1n) is 6.92. The zero-order valence-electron chi connectivity index (χ0n) is 12.4. The number of carbonyl (C=O) groups excluding carboxylic acids is 1. The van der Waals surface area contributed by atoms with Crippen LogP contribution in [0.25, 0.3) is 0 Å². The zero-order valence-corrected chi connectivity index (χ0v) is 13.2. The Kier molecular flexibility index (Phi) is 3.98. The summed E-state index contributed by atoms with van der Waals surface area (Å²) >= 11 is 0. The van der Waals surface area contributed by atoms with E-state index < -0.39 is 33.7 Å². The number of rotatable bonds is 2. The van der Waals surface area contributed by atoms with Gasteiger partial charge >= 0.3 is 0 Å². The fourth-order valence-electron chi connectivity index (χ4n) is 2.30. The lowest BCUT2D eigenvalue weighted by molar-refractivity contribution is -0.117. The Morgan fingerprint density at radius 3 is 2.58 bits per heavy atom. The molecule has 3 rings (SSSR count). The summed E-state index contributed by atoms with van der Waals surface area (Å²) in [7, 11) is -3.87. The largest absolute Gasteiger partial charge is 0.360 e. The van der Waals surface area contributed by atoms with Gasteiger partial charge in [-0.15, -0.1) is 0 Å². The van der Waals surface area contributed by atoms with Crippen LogP contribution < -0.4 is 15.4 Å². The summed E-state index contributed by atoms with van der Waals surface area (Å²) in [6.45, 7) is 1.78. The number of hydrogen-bond donors (Lipinski definition) is 3. The van der Waals surface area contributed by atoms with Crippen molar-refractivity contribution in [1.82, 2.24) is 4.72 Å². The molecular weight excluding hydrogens is 340 g/mol. The number of fused-ring (bicyclic) bond motifs is 1. The average Bonchev–Trinajstić information content (AvgIpc) is 2.49. The maximum absolute atomic E-state index is 13.2. The normalized spacial score (nSPS) is 18.4. The number of benzene rings is 2. The van der Waals surface area contributed by atoms with Crippen LogP contribution in [-0.4, -0.2) is 20.5 Å². The third-order valence-electron chi connectivity index (χ3n) is 3.45. The van der Waals surface area contributed by atoms with E-state index in [4.69, 9.17) is 0 Å². The molecule has 0 radical (unpaired) electrons. The monoisotopic (exact) mass is 353 g/mol. The molecular formula is C15H13F2N3O3S. The minimum atomic E-state index is -3.87. The minimum absolute atomic E-state index is 0.00920. The van der Waals surface area contributed by atoms with E-state index in [1.165, 1.54) is 12.1 Å². The van der Waals surface area contributed by atoms with Crippen molar-refractivity contribution in [3.05, 3.63) is 53.6 Å². The van der Waals surface area contributed by atoms with E-state index in [0.29, 0.717) is 5.69 Å². The van der Waals surface area contributed by atoms with Gasteiger partial charge in [0, 0.05) is 11.8 Å². The number of sulfonamides is 1. The molecule has 0 saturated carbocycles. The van der Waals surface area contributed by atoms with Crippen LogP contribution >= 0.6 is 0 Å². The highest BCUT2D eigenvalue weighted by Crippen LogP contribution is 2.27. The maximum Gasteiger partial charge on any atom is 0.262 e. The van der Waals surface area contributed by atoms with Gasteiger partial charge in [-0.3, -0.25) is 4.79 Å². The van der Waals surface area contributed by atoms with Gasteiger partial charge in [0.05, 0.1) is 5.69 Å². The second kappa shape index (κ2) is 5.84. The molecule has 0 aromatic heterocycles. The molecule has 1 aliphatic heterocycles. The number of hydrogen-bond acceptors (Lipinski definition) is 4. The van der Waals surface area contributed by atoms with Gasteiger partial charge in [-0.2, -0.15) is 4.72 Å². The van der Waals surface area contributed by atoms with Crippen molar-refractivity contribution in [2.45, 2.75) is 18.0 Å². The lowest BCUT2D eigenvalue weighted by atomic mass is 10.2. The second-order valence-corrected chi connectivity index (χ2v) is 7.00. The molecule has 0 spiro atoms. The number of carbonyl (C=O) groups is 1. The average molecular weight is 353 g/mol. The summed E-state index contributed by atoms with van der Waals surface area (Å²) in [5.41, 5.74) is 1.12. The van der Waals surface area contributed by atoms with E-state index in [9.17, 15) is 22.0 Å². The molecule has 0 aliphatic carbocycles. The number of aryl methyl sites for hydroxylation is 1. The zero-order chi connectivity index (χ0) is 17.5. The van der Waals surface area contributed by atoms with Crippen LogP contribution in [0.3, 0.4) is 0 Å². The predicted molar refractivity (Wildman–Crippen MR) is 83.9 cm³/mol. The summed E-state index contributed by atoms with van der Waals surface area (Å²) < 4.78 is 52.7. The SMILES string of the molecule is Cc1ccc2c(c1)N[C@@H](C(=O)Nc1ccc(F)c(F)c1)NS2(=O)=O. The Bertz CT molecular complexity index is 932. The highest BCUT2D eigenvalue weighted by molar-refractivity contribution is 7.89. The molecule has 2 aromatic rings. The van der Waals surface area contributed by atoms with Gasteiger partial charge in [0.25, 0.3) is 5.91 Å². The van der Waals surface area contributed by atoms with Crippen molar-refractivity contribution in [3.8, 4) is 0 Å². The minimum Gasteiger partial charge on any atom is -0.360 e. The van der Waals surface area contributed by atoms with Gasteiger partial charge in [-0.1, -0.05) is 6.07 Å². The third kappa shape index (κ3) is 3.08. The molecule has 126 valence electrons. The van der Waals surface area contributed by atoms with E-state index in [-0.39, 0.29) is 10.6 Å². The van der Waals surface area contributed by atoms with E-state index in [0.717, 1.165) is 17.7 Å². The van der Waals surface area contributed by atoms with E-state index in [1.807, 2.05) is 0 Å². The summed E-state index contributed by atoms with van der Waals surface area (Å²) in [6, 6.07) is 7.52. The van der Waals surface area contributed by atoms with Crippen molar-refractivity contribution < 1.29 is 22.0 Å². The Morgan fingerprint density at radius 2 is 1.88 bits per heavy atom. The smallest absolute Gasteiger partial charge is 0.262 e. The highest BCUT2D eigenvalue weighted by atomic mass is 32.2. The number of nitrogens with one attached hydrogen (secondary N) is 3. The van der Waals surface area contributed by atoms with Crippen LogP contribution in [0.5, 0.6) is 0 Å². The van der Waals surface area contributed by atoms with Crippen molar-refractivity contribution in [2.24, 2.45) is 0 Å². The highest BCUT2D eigenvalue weighted by Gasteiger charge is 2.33. The quantitative estimate of drug-likeness (QED) is 0.770. The van der Waals surface area contributed by atoms with Crippen molar-refractivity contribution in [3.63, 3.8) is 0 Å². The molecule has 1 aliphatic rings. The van der Waals surface area contributed by atoms with Crippen LogP contribution in [0.15, 0.2) is 41.3 Å². The van der Waals surface area contributed by atoms with E-state index in [2.05, 4.69) is 15.4 Å². The van der Waals surface area contributed by atoms with Crippen molar-refractivity contribution in [1.29, 1.82) is 0 Å². The van der Waals surface area contributed by atoms with Gasteiger partial charge in [0.1, 0.15) is 4.90 Å². The Morgan fingerprint density at radius 1 is 1.12 bits per heavy atom. The van der Waals surface area contributed by atoms with E-state index in [1.54, 1.807) is 19.1 Å². The Labute approximate surface area is 136 Å². The fraction of sp³-hybridized carbons (Fsp3) is 0.133. The first kappa shape index (κ1) is 16.3. The first-order chi connectivity index (χ1) is 11.3. The molecule has 2 aromatic carbocycles. The number of halogens is 2.